The molecule has 2 rings (SSSR count). The van der Waals surface area contributed by atoms with Gasteiger partial charge in [0.15, 0.2) is 0 Å². The van der Waals surface area contributed by atoms with E-state index in [1.54, 1.807) is 24.4 Å². The Kier molecular flexibility index (Phi) is 2.55. The maximum atomic E-state index is 11.0. The van der Waals surface area contributed by atoms with Crippen molar-refractivity contribution in [3.05, 3.63) is 30.0 Å². The van der Waals surface area contributed by atoms with Crippen molar-refractivity contribution in [2.45, 2.75) is 18.9 Å². The van der Waals surface area contributed by atoms with Crippen LogP contribution in [0.15, 0.2) is 24.4 Å². The highest BCUT2D eigenvalue weighted by atomic mass is 16.4. The summed E-state index contributed by atoms with van der Waals surface area (Å²) in [6.45, 7) is 1.47. The Hall–Kier alpha value is -2.01. The molecular formula is C12H14N2O3. The lowest BCUT2D eigenvalue weighted by atomic mass is 9.94. The smallest absolute Gasteiger partial charge is 0.323 e. The summed E-state index contributed by atoms with van der Waals surface area (Å²) >= 11 is 0. The summed E-state index contributed by atoms with van der Waals surface area (Å²) in [5.74, 6) is -0.903. The minimum Gasteiger partial charge on any atom is -0.508 e. The summed E-state index contributed by atoms with van der Waals surface area (Å²) in [6.07, 6.45) is 1.92. The molecule has 0 aliphatic heterocycles. The maximum Gasteiger partial charge on any atom is 0.323 e. The highest BCUT2D eigenvalue weighted by Gasteiger charge is 2.29. The number of H-pyrrole nitrogens is 1. The van der Waals surface area contributed by atoms with Crippen LogP contribution in [0.1, 0.15) is 12.5 Å². The van der Waals surface area contributed by atoms with Gasteiger partial charge in [0.2, 0.25) is 0 Å². The SMILES string of the molecule is CC(N)(Cc1c[nH]c2ccc(O)cc12)C(=O)O. The molecular weight excluding hydrogens is 220 g/mol. The van der Waals surface area contributed by atoms with Gasteiger partial charge in [-0.25, -0.2) is 0 Å². The summed E-state index contributed by atoms with van der Waals surface area (Å²) in [5, 5.41) is 19.2. The fourth-order valence-electron chi connectivity index (χ4n) is 1.78. The second-order valence-corrected chi connectivity index (χ2v) is 4.44. The first-order valence-corrected chi connectivity index (χ1v) is 5.21. The number of nitrogens with two attached hydrogens (primary N) is 1. The van der Waals surface area contributed by atoms with E-state index in [1.807, 2.05) is 0 Å². The number of carboxylic acid groups (broad SMARTS) is 1. The van der Waals surface area contributed by atoms with Gasteiger partial charge in [-0.1, -0.05) is 0 Å². The number of carbonyl (C=O) groups is 1. The highest BCUT2D eigenvalue weighted by molar-refractivity contribution is 5.86. The van der Waals surface area contributed by atoms with Crippen LogP contribution in [0.3, 0.4) is 0 Å². The number of carboxylic acids is 1. The van der Waals surface area contributed by atoms with Gasteiger partial charge in [0, 0.05) is 23.5 Å². The number of hydrogen-bond donors (Lipinski definition) is 4. The Balaban J connectivity index is 2.43. The van der Waals surface area contributed by atoms with E-state index in [2.05, 4.69) is 4.98 Å². The third-order valence-corrected chi connectivity index (χ3v) is 2.80. The third-order valence-electron chi connectivity index (χ3n) is 2.80. The van der Waals surface area contributed by atoms with Crippen LogP contribution in [0.4, 0.5) is 0 Å². The lowest BCUT2D eigenvalue weighted by Gasteiger charge is -2.18. The Morgan fingerprint density at radius 2 is 2.24 bits per heavy atom. The number of hydrogen-bond acceptors (Lipinski definition) is 3. The first kappa shape index (κ1) is 11.5. The van der Waals surface area contributed by atoms with Gasteiger partial charge in [-0.2, -0.15) is 0 Å². The molecule has 5 heteroatoms. The van der Waals surface area contributed by atoms with E-state index in [1.165, 1.54) is 6.92 Å². The molecule has 1 unspecified atom stereocenters. The zero-order valence-electron chi connectivity index (χ0n) is 9.40. The molecule has 5 nitrogen and oxygen atoms in total. The standard InChI is InChI=1S/C12H14N2O3/c1-12(13,11(16)17)5-7-6-14-10-3-2-8(15)4-9(7)10/h2-4,6,14-15H,5,13H2,1H3,(H,16,17). The first-order chi connectivity index (χ1) is 7.90. The number of phenols is 1. The minimum atomic E-state index is -1.32. The summed E-state index contributed by atoms with van der Waals surface area (Å²) < 4.78 is 0. The van der Waals surface area contributed by atoms with E-state index < -0.39 is 11.5 Å². The zero-order chi connectivity index (χ0) is 12.6. The van der Waals surface area contributed by atoms with Crippen molar-refractivity contribution in [3.8, 4) is 5.75 Å². The summed E-state index contributed by atoms with van der Waals surface area (Å²) in [5.41, 5.74) is 6.01. The van der Waals surface area contributed by atoms with Gasteiger partial charge in [-0.3, -0.25) is 4.79 Å². The number of aromatic nitrogens is 1. The highest BCUT2D eigenvalue weighted by Crippen LogP contribution is 2.25. The van der Waals surface area contributed by atoms with E-state index in [-0.39, 0.29) is 12.2 Å². The number of aromatic amines is 1. The lowest BCUT2D eigenvalue weighted by molar-refractivity contribution is -0.142. The predicted molar refractivity (Wildman–Crippen MR) is 63.9 cm³/mol. The van der Waals surface area contributed by atoms with Crippen LogP contribution in [-0.2, 0) is 11.2 Å². The molecule has 0 aliphatic rings. The average molecular weight is 234 g/mol. The van der Waals surface area contributed by atoms with Crippen LogP contribution in [0.5, 0.6) is 5.75 Å². The molecule has 0 saturated heterocycles. The summed E-state index contributed by atoms with van der Waals surface area (Å²) in [6, 6.07) is 4.91. The first-order valence-electron chi connectivity index (χ1n) is 5.21. The largest absolute Gasteiger partial charge is 0.508 e. The van der Waals surface area contributed by atoms with Gasteiger partial charge in [0.1, 0.15) is 11.3 Å². The van der Waals surface area contributed by atoms with E-state index >= 15 is 0 Å². The molecule has 0 radical (unpaired) electrons. The Labute approximate surface area is 97.9 Å². The van der Waals surface area contributed by atoms with Gasteiger partial charge < -0.3 is 20.9 Å². The fraction of sp³-hybridized carbons (Fsp3) is 0.250. The van der Waals surface area contributed by atoms with Gasteiger partial charge in [0.25, 0.3) is 0 Å². The maximum absolute atomic E-state index is 11.0. The molecule has 1 aromatic heterocycles. The number of aromatic hydroxyl groups is 1. The molecule has 0 fully saturated rings. The van der Waals surface area contributed by atoms with Crippen LogP contribution >= 0.6 is 0 Å². The minimum absolute atomic E-state index is 0.146. The Morgan fingerprint density at radius 3 is 2.88 bits per heavy atom. The molecule has 0 aliphatic carbocycles. The second-order valence-electron chi connectivity index (χ2n) is 4.44. The number of benzene rings is 1. The number of nitrogens with one attached hydrogen (secondary N) is 1. The number of aliphatic carboxylic acids is 1. The van der Waals surface area contributed by atoms with Gasteiger partial charge in [0.05, 0.1) is 0 Å². The molecule has 0 saturated carbocycles. The monoisotopic (exact) mass is 234 g/mol. The molecule has 1 aromatic carbocycles. The van der Waals surface area contributed by atoms with Gasteiger partial charge in [-0.05, 0) is 30.7 Å². The predicted octanol–water partition coefficient (Wildman–Crippen LogP) is 1.22. The molecule has 2 aromatic rings. The van der Waals surface area contributed by atoms with Gasteiger partial charge >= 0.3 is 5.97 Å². The summed E-state index contributed by atoms with van der Waals surface area (Å²) in [4.78, 5) is 14.0. The molecule has 0 bridgehead atoms. The second kappa shape index (κ2) is 3.78. The average Bonchev–Trinajstić information content (AvgIpc) is 2.60. The molecule has 1 heterocycles. The summed E-state index contributed by atoms with van der Waals surface area (Å²) in [7, 11) is 0. The van der Waals surface area contributed by atoms with E-state index in [4.69, 9.17) is 10.8 Å². The normalized spacial score (nSPS) is 14.7. The van der Waals surface area contributed by atoms with Crippen molar-refractivity contribution in [1.29, 1.82) is 0 Å². The van der Waals surface area contributed by atoms with Crippen LogP contribution < -0.4 is 5.73 Å². The fourth-order valence-corrected chi connectivity index (χ4v) is 1.78. The van der Waals surface area contributed by atoms with Crippen molar-refractivity contribution >= 4 is 16.9 Å². The van der Waals surface area contributed by atoms with E-state index in [9.17, 15) is 9.90 Å². The number of phenolic OH excluding ortho intramolecular Hbond substituents is 1. The van der Waals surface area contributed by atoms with Gasteiger partial charge in [-0.15, -0.1) is 0 Å². The third kappa shape index (κ3) is 2.09. The lowest BCUT2D eigenvalue weighted by Crippen LogP contribution is -2.46. The van der Waals surface area contributed by atoms with Crippen LogP contribution in [0, 0.1) is 0 Å². The quantitative estimate of drug-likeness (QED) is 0.641. The zero-order valence-corrected chi connectivity index (χ0v) is 9.40. The van der Waals surface area contributed by atoms with Crippen LogP contribution in [-0.4, -0.2) is 26.7 Å². The van der Waals surface area contributed by atoms with E-state index in [0.29, 0.717) is 0 Å². The van der Waals surface area contributed by atoms with Crippen molar-refractivity contribution in [1.82, 2.24) is 4.98 Å². The molecule has 17 heavy (non-hydrogen) atoms. The van der Waals surface area contributed by atoms with Crippen molar-refractivity contribution in [2.24, 2.45) is 5.73 Å². The topological polar surface area (TPSA) is 99.3 Å². The Morgan fingerprint density at radius 1 is 1.53 bits per heavy atom. The van der Waals surface area contributed by atoms with Crippen molar-refractivity contribution in [2.75, 3.05) is 0 Å². The van der Waals surface area contributed by atoms with Crippen LogP contribution in [0.25, 0.3) is 10.9 Å². The molecule has 90 valence electrons. The van der Waals surface area contributed by atoms with Crippen molar-refractivity contribution < 1.29 is 15.0 Å². The van der Waals surface area contributed by atoms with Crippen LogP contribution in [0.2, 0.25) is 0 Å². The molecule has 0 spiro atoms. The molecule has 0 amide bonds. The molecule has 5 N–H and O–H groups in total. The number of rotatable bonds is 3. The van der Waals surface area contributed by atoms with E-state index in [0.717, 1.165) is 16.5 Å². The molecule has 1 atom stereocenters. The number of fused-ring (bicyclic) bond motifs is 1. The van der Waals surface area contributed by atoms with Crippen molar-refractivity contribution in [3.63, 3.8) is 0 Å². The Bertz CT molecular complexity index is 572.